The van der Waals surface area contributed by atoms with Crippen LogP contribution in [0.25, 0.3) is 55.6 Å². The van der Waals surface area contributed by atoms with Gasteiger partial charge in [0.1, 0.15) is 0 Å². The summed E-state index contributed by atoms with van der Waals surface area (Å²) in [7, 11) is 0. The minimum Gasteiger partial charge on any atom is -0.311 e. The van der Waals surface area contributed by atoms with Crippen LogP contribution in [0.1, 0.15) is 0 Å². The van der Waals surface area contributed by atoms with Crippen molar-refractivity contribution in [1.29, 1.82) is 0 Å². The first kappa shape index (κ1) is 67.8. The summed E-state index contributed by atoms with van der Waals surface area (Å²) in [6.07, 6.45) is 0. The minimum absolute atomic E-state index is 0.120. The molecule has 0 unspecified atom stereocenters. The third kappa shape index (κ3) is 11.4. The SMILES string of the molecule is c1ccc(-c2cccc(N3c4cc(-c5ccccc5)ccc4B4c5ccc(N(c6ccccc6)c6ccccc6)cc5N(c5ccccc5-c5ccc(N(c6ccccc6)c6ccc7c(c6)N(c6ccccc6)c6cccc8c6B7c6cccc(-c7ccccc7)c6N8c6ccccc6-c6ccccc6)cc5)c5cccc3c54)c2)cc1. The number of benzene rings is 18. The van der Waals surface area contributed by atoms with Gasteiger partial charge in [-0.25, -0.2) is 0 Å². The quantitative estimate of drug-likeness (QED) is 0.0946. The smallest absolute Gasteiger partial charge is 0.252 e. The fourth-order valence-electron chi connectivity index (χ4n) is 18.8. The number of fused-ring (bicyclic) bond motifs is 8. The van der Waals surface area contributed by atoms with Crippen LogP contribution in [-0.4, -0.2) is 13.4 Å². The second-order valence-electron chi connectivity index (χ2n) is 30.2. The monoisotopic (exact) mass is 1480 g/mol. The Morgan fingerprint density at radius 3 is 1.00 bits per heavy atom. The Labute approximate surface area is 678 Å². The molecule has 0 aliphatic carbocycles. The molecule has 0 saturated carbocycles. The van der Waals surface area contributed by atoms with Gasteiger partial charge in [0.2, 0.25) is 0 Å². The van der Waals surface area contributed by atoms with Gasteiger partial charge < -0.3 is 29.4 Å². The second-order valence-corrected chi connectivity index (χ2v) is 30.2. The Morgan fingerprint density at radius 2 is 0.474 bits per heavy atom. The van der Waals surface area contributed by atoms with E-state index in [0.717, 1.165) is 113 Å². The van der Waals surface area contributed by atoms with Crippen molar-refractivity contribution >= 4 is 149 Å². The van der Waals surface area contributed by atoms with Crippen LogP contribution in [0.4, 0.5) is 102 Å². The molecule has 18 aromatic rings. The van der Waals surface area contributed by atoms with E-state index in [1.54, 1.807) is 0 Å². The number of para-hydroxylation sites is 7. The molecule has 0 radical (unpaired) electrons. The highest BCUT2D eigenvalue weighted by molar-refractivity contribution is 7.01. The van der Waals surface area contributed by atoms with Crippen LogP contribution in [0.2, 0.25) is 0 Å². The molecule has 4 heterocycles. The first-order valence-electron chi connectivity index (χ1n) is 40.0. The van der Waals surface area contributed by atoms with Gasteiger partial charge in [-0.1, -0.05) is 309 Å². The standard InChI is InChI=1S/C108H74B2N6/c1-9-33-75(34-10-1)80-41-29-50-87(71-80)114-100-58-31-59-101-106(100)109(93-68-63-81(72-103(93)114)76-35-11-2-12-36-76)95-70-67-89(111(82-42-17-5-18-43-82)83-44-19-6-20-45-83)74-105(95)115(101)97-55-27-25-52-91(97)79-61-64-86(65-62-79)112(84-46-21-7-22-47-84)88-66-69-94-104(73-88)113(85-48-23-8-24-49-85)99-57-32-60-102-107(99)110(94)96-54-30-53-92(78-39-15-4-16-40-78)108(96)116(102)98-56-28-26-51-90(98)77-37-13-3-14-38-77/h1-74H. The summed E-state index contributed by atoms with van der Waals surface area (Å²) in [6, 6.07) is 166. The topological polar surface area (TPSA) is 19.4 Å². The Bertz CT molecular complexity index is 6700. The van der Waals surface area contributed by atoms with Gasteiger partial charge in [-0.2, -0.15) is 0 Å². The summed E-state index contributed by atoms with van der Waals surface area (Å²) < 4.78 is 0. The first-order chi connectivity index (χ1) is 57.6. The average Bonchev–Trinajstić information content (AvgIpc) is 0.700. The number of nitrogens with zero attached hydrogens (tertiary/aromatic N) is 6. The van der Waals surface area contributed by atoms with Crippen molar-refractivity contribution < 1.29 is 0 Å². The van der Waals surface area contributed by atoms with Gasteiger partial charge in [-0.3, -0.25) is 0 Å². The lowest BCUT2D eigenvalue weighted by molar-refractivity contribution is 1.24. The molecule has 116 heavy (non-hydrogen) atoms. The van der Waals surface area contributed by atoms with Crippen molar-refractivity contribution in [3.63, 3.8) is 0 Å². The van der Waals surface area contributed by atoms with Crippen LogP contribution in [0.5, 0.6) is 0 Å². The van der Waals surface area contributed by atoms with Crippen LogP contribution in [-0.2, 0) is 0 Å². The lowest BCUT2D eigenvalue weighted by atomic mass is 9.33. The molecule has 4 aliphatic heterocycles. The Kier molecular flexibility index (Phi) is 16.7. The lowest BCUT2D eigenvalue weighted by Crippen LogP contribution is -2.61. The van der Waals surface area contributed by atoms with E-state index in [2.05, 4.69) is 478 Å². The molecule has 0 bridgehead atoms. The molecule has 0 saturated heterocycles. The zero-order chi connectivity index (χ0) is 76.6. The Hall–Kier alpha value is -15.1. The number of rotatable bonds is 15. The molecule has 18 aromatic carbocycles. The molecule has 0 aromatic heterocycles. The molecule has 0 atom stereocenters. The van der Waals surface area contributed by atoms with Gasteiger partial charge in [0.25, 0.3) is 13.4 Å². The summed E-state index contributed by atoms with van der Waals surface area (Å²) in [5.74, 6) is 0. The molecule has 0 N–H and O–H groups in total. The maximum absolute atomic E-state index is 2.57. The molecular weight excluding hydrogens is 1400 g/mol. The Morgan fingerprint density at radius 1 is 0.164 bits per heavy atom. The van der Waals surface area contributed by atoms with Gasteiger partial charge in [0.05, 0.1) is 11.4 Å². The van der Waals surface area contributed by atoms with Gasteiger partial charge in [0, 0.05) is 108 Å². The fourth-order valence-corrected chi connectivity index (χ4v) is 18.8. The molecule has 22 rings (SSSR count). The van der Waals surface area contributed by atoms with Crippen molar-refractivity contribution in [3.8, 4) is 55.6 Å². The predicted molar refractivity (Wildman–Crippen MR) is 491 cm³/mol. The third-order valence-electron chi connectivity index (χ3n) is 23.8. The molecule has 4 aliphatic rings. The maximum atomic E-state index is 2.57. The van der Waals surface area contributed by atoms with Gasteiger partial charge >= 0.3 is 0 Å². The minimum atomic E-state index is -0.132. The molecular formula is C108H74B2N6. The Balaban J connectivity index is 0.706. The molecule has 8 heteroatoms. The van der Waals surface area contributed by atoms with Crippen molar-refractivity contribution in [2.75, 3.05) is 29.4 Å². The van der Waals surface area contributed by atoms with Gasteiger partial charge in [-0.15, -0.1) is 0 Å². The third-order valence-corrected chi connectivity index (χ3v) is 23.8. The summed E-state index contributed by atoms with van der Waals surface area (Å²) in [4.78, 5) is 15.0. The molecule has 0 amide bonds. The predicted octanol–water partition coefficient (Wildman–Crippen LogP) is 25.1. The van der Waals surface area contributed by atoms with Gasteiger partial charge in [-0.05, 0) is 211 Å². The number of hydrogen-bond donors (Lipinski definition) is 0. The van der Waals surface area contributed by atoms with E-state index in [4.69, 9.17) is 0 Å². The highest BCUT2D eigenvalue weighted by Crippen LogP contribution is 2.53. The van der Waals surface area contributed by atoms with E-state index >= 15 is 0 Å². The van der Waals surface area contributed by atoms with Crippen LogP contribution in [0, 0.1) is 0 Å². The lowest BCUT2D eigenvalue weighted by Gasteiger charge is -2.45. The van der Waals surface area contributed by atoms with Crippen molar-refractivity contribution in [2.24, 2.45) is 0 Å². The van der Waals surface area contributed by atoms with Crippen LogP contribution >= 0.6 is 0 Å². The van der Waals surface area contributed by atoms with Gasteiger partial charge in [0.15, 0.2) is 0 Å². The second kappa shape index (κ2) is 28.6. The van der Waals surface area contributed by atoms with Crippen LogP contribution in [0.3, 0.4) is 0 Å². The highest BCUT2D eigenvalue weighted by atomic mass is 15.2. The zero-order valence-electron chi connectivity index (χ0n) is 63.6. The van der Waals surface area contributed by atoms with E-state index in [0.29, 0.717) is 0 Å². The van der Waals surface area contributed by atoms with E-state index in [1.807, 2.05) is 0 Å². The van der Waals surface area contributed by atoms with Crippen molar-refractivity contribution in [1.82, 2.24) is 0 Å². The summed E-state index contributed by atoms with van der Waals surface area (Å²) in [5.41, 5.74) is 38.9. The molecule has 0 spiro atoms. The fraction of sp³-hybridized carbons (Fsp3) is 0. The van der Waals surface area contributed by atoms with E-state index in [1.165, 1.54) is 77.4 Å². The van der Waals surface area contributed by atoms with Crippen LogP contribution < -0.4 is 62.2 Å². The maximum Gasteiger partial charge on any atom is 0.252 e. The molecule has 0 fully saturated rings. The van der Waals surface area contributed by atoms with E-state index in [9.17, 15) is 0 Å². The summed E-state index contributed by atoms with van der Waals surface area (Å²) in [6.45, 7) is -0.252. The largest absolute Gasteiger partial charge is 0.311 e. The normalized spacial score (nSPS) is 12.6. The summed E-state index contributed by atoms with van der Waals surface area (Å²) in [5, 5.41) is 0. The number of anilines is 18. The van der Waals surface area contributed by atoms with Crippen molar-refractivity contribution in [2.45, 2.75) is 0 Å². The van der Waals surface area contributed by atoms with Crippen molar-refractivity contribution in [3.05, 3.63) is 449 Å². The molecule has 542 valence electrons. The summed E-state index contributed by atoms with van der Waals surface area (Å²) >= 11 is 0. The van der Waals surface area contributed by atoms with E-state index < -0.39 is 0 Å². The average molecular weight is 1480 g/mol. The van der Waals surface area contributed by atoms with Crippen LogP contribution in [0.15, 0.2) is 449 Å². The molecule has 6 nitrogen and oxygen atoms in total. The first-order valence-corrected chi connectivity index (χ1v) is 40.0. The zero-order valence-corrected chi connectivity index (χ0v) is 63.6. The van der Waals surface area contributed by atoms with E-state index in [-0.39, 0.29) is 13.4 Å². The highest BCUT2D eigenvalue weighted by Gasteiger charge is 2.47. The number of hydrogen-bond acceptors (Lipinski definition) is 6.